The number of hydrogen-bond acceptors (Lipinski definition) is 1. The summed E-state index contributed by atoms with van der Waals surface area (Å²) < 4.78 is 26.0. The van der Waals surface area contributed by atoms with Gasteiger partial charge in [0.2, 0.25) is 0 Å². The molecule has 1 heterocycles. The Morgan fingerprint density at radius 1 is 1.33 bits per heavy atom. The van der Waals surface area contributed by atoms with E-state index in [1.807, 2.05) is 0 Å². The molecule has 1 aliphatic rings. The first-order valence-electron chi connectivity index (χ1n) is 6.26. The van der Waals surface area contributed by atoms with E-state index in [-0.39, 0.29) is 17.5 Å². The van der Waals surface area contributed by atoms with Gasteiger partial charge in [-0.15, -0.1) is 0 Å². The topological polar surface area (TPSA) is 20.3 Å². The molecular formula is C14H17F2NO. The molecule has 0 saturated carbocycles. The maximum Gasteiger partial charge on any atom is 0.254 e. The van der Waals surface area contributed by atoms with Crippen LogP contribution in [-0.2, 0) is 0 Å². The highest BCUT2D eigenvalue weighted by atomic mass is 19.2. The molecule has 0 bridgehead atoms. The Kier molecular flexibility index (Phi) is 3.64. The van der Waals surface area contributed by atoms with E-state index in [2.05, 4.69) is 13.8 Å². The number of carbonyl (C=O) groups excluding carboxylic acids is 1. The Bertz CT molecular complexity index is 459. The number of rotatable bonds is 2. The first-order valence-corrected chi connectivity index (χ1v) is 6.26. The van der Waals surface area contributed by atoms with Crippen molar-refractivity contribution in [3.8, 4) is 0 Å². The van der Waals surface area contributed by atoms with Crippen LogP contribution in [0.25, 0.3) is 0 Å². The first-order chi connectivity index (χ1) is 8.50. The van der Waals surface area contributed by atoms with Gasteiger partial charge in [0.05, 0.1) is 0 Å². The van der Waals surface area contributed by atoms with E-state index in [9.17, 15) is 13.6 Å². The zero-order valence-electron chi connectivity index (χ0n) is 10.6. The average Bonchev–Trinajstić information content (AvgIpc) is 2.81. The van der Waals surface area contributed by atoms with Crippen LogP contribution in [0.5, 0.6) is 0 Å². The summed E-state index contributed by atoms with van der Waals surface area (Å²) in [5.41, 5.74) is 0.224. The predicted octanol–water partition coefficient (Wildman–Crippen LogP) is 3.23. The normalized spacial score (nSPS) is 19.6. The van der Waals surface area contributed by atoms with Gasteiger partial charge in [0, 0.05) is 18.2 Å². The third-order valence-electron chi connectivity index (χ3n) is 3.50. The van der Waals surface area contributed by atoms with Gasteiger partial charge >= 0.3 is 0 Å². The second kappa shape index (κ2) is 5.04. The van der Waals surface area contributed by atoms with Gasteiger partial charge in [0.1, 0.15) is 0 Å². The second-order valence-corrected chi connectivity index (χ2v) is 5.08. The molecule has 1 fully saturated rings. The molecule has 0 radical (unpaired) electrons. The van der Waals surface area contributed by atoms with Gasteiger partial charge in [-0.05, 0) is 37.0 Å². The van der Waals surface area contributed by atoms with Gasteiger partial charge in [-0.3, -0.25) is 4.79 Å². The van der Waals surface area contributed by atoms with Crippen LogP contribution in [0.15, 0.2) is 18.2 Å². The molecule has 1 aromatic rings. The summed E-state index contributed by atoms with van der Waals surface area (Å²) in [5, 5.41) is 0. The molecule has 2 nitrogen and oxygen atoms in total. The molecule has 1 atom stereocenters. The Balaban J connectivity index is 2.22. The van der Waals surface area contributed by atoms with Crippen molar-refractivity contribution in [1.82, 2.24) is 4.90 Å². The van der Waals surface area contributed by atoms with E-state index < -0.39 is 11.6 Å². The summed E-state index contributed by atoms with van der Waals surface area (Å²) in [6, 6.07) is 3.53. The van der Waals surface area contributed by atoms with Gasteiger partial charge in [0.25, 0.3) is 5.91 Å². The zero-order chi connectivity index (χ0) is 13.3. The van der Waals surface area contributed by atoms with Crippen molar-refractivity contribution < 1.29 is 13.6 Å². The van der Waals surface area contributed by atoms with E-state index in [1.54, 1.807) is 4.90 Å². The molecule has 1 unspecified atom stereocenters. The van der Waals surface area contributed by atoms with Gasteiger partial charge in [-0.25, -0.2) is 8.78 Å². The van der Waals surface area contributed by atoms with E-state index in [0.717, 1.165) is 25.0 Å². The van der Waals surface area contributed by atoms with Crippen LogP contribution in [0.4, 0.5) is 8.78 Å². The van der Waals surface area contributed by atoms with Gasteiger partial charge in [-0.2, -0.15) is 0 Å². The number of amides is 1. The Labute approximate surface area is 106 Å². The van der Waals surface area contributed by atoms with Crippen LogP contribution < -0.4 is 0 Å². The lowest BCUT2D eigenvalue weighted by Gasteiger charge is -2.27. The lowest BCUT2D eigenvalue weighted by Crippen LogP contribution is -2.38. The van der Waals surface area contributed by atoms with Crippen molar-refractivity contribution in [2.24, 2.45) is 5.92 Å². The summed E-state index contributed by atoms with van der Waals surface area (Å²) in [5.74, 6) is -1.72. The largest absolute Gasteiger partial charge is 0.335 e. The second-order valence-electron chi connectivity index (χ2n) is 5.08. The Morgan fingerprint density at radius 3 is 2.67 bits per heavy atom. The van der Waals surface area contributed by atoms with Gasteiger partial charge in [-0.1, -0.05) is 13.8 Å². The molecule has 1 aliphatic heterocycles. The van der Waals surface area contributed by atoms with Crippen LogP contribution in [0.3, 0.4) is 0 Å². The number of nitrogens with zero attached hydrogens (tertiary/aromatic N) is 1. The Hall–Kier alpha value is -1.45. The highest BCUT2D eigenvalue weighted by molar-refractivity contribution is 5.94. The number of carbonyl (C=O) groups is 1. The van der Waals surface area contributed by atoms with Crippen molar-refractivity contribution in [2.45, 2.75) is 32.7 Å². The fourth-order valence-corrected chi connectivity index (χ4v) is 2.53. The molecule has 1 amide bonds. The van der Waals surface area contributed by atoms with Crippen molar-refractivity contribution in [2.75, 3.05) is 6.54 Å². The minimum atomic E-state index is -0.971. The summed E-state index contributed by atoms with van der Waals surface area (Å²) in [4.78, 5) is 14.0. The summed E-state index contributed by atoms with van der Waals surface area (Å²) >= 11 is 0. The SMILES string of the molecule is CC(C)C1CCCN1C(=O)c1ccc(F)c(F)c1. The fourth-order valence-electron chi connectivity index (χ4n) is 2.53. The van der Waals surface area contributed by atoms with Gasteiger partial charge < -0.3 is 4.90 Å². The molecule has 0 N–H and O–H groups in total. The molecule has 18 heavy (non-hydrogen) atoms. The summed E-state index contributed by atoms with van der Waals surface area (Å²) in [6.07, 6.45) is 1.95. The molecular weight excluding hydrogens is 236 g/mol. The van der Waals surface area contributed by atoms with Crippen LogP contribution in [0.2, 0.25) is 0 Å². The van der Waals surface area contributed by atoms with Crippen molar-refractivity contribution in [3.05, 3.63) is 35.4 Å². The van der Waals surface area contributed by atoms with E-state index in [4.69, 9.17) is 0 Å². The van der Waals surface area contributed by atoms with Crippen LogP contribution >= 0.6 is 0 Å². The van der Waals surface area contributed by atoms with E-state index >= 15 is 0 Å². The minimum Gasteiger partial charge on any atom is -0.335 e. The highest BCUT2D eigenvalue weighted by Gasteiger charge is 2.31. The molecule has 98 valence electrons. The van der Waals surface area contributed by atoms with Crippen LogP contribution in [0, 0.1) is 17.6 Å². The summed E-state index contributed by atoms with van der Waals surface area (Å²) in [6.45, 7) is 4.84. The Morgan fingerprint density at radius 2 is 2.06 bits per heavy atom. The monoisotopic (exact) mass is 253 g/mol. The fraction of sp³-hybridized carbons (Fsp3) is 0.500. The lowest BCUT2D eigenvalue weighted by molar-refractivity contribution is 0.0701. The third kappa shape index (κ3) is 2.37. The highest BCUT2D eigenvalue weighted by Crippen LogP contribution is 2.25. The summed E-state index contributed by atoms with van der Waals surface area (Å²) in [7, 11) is 0. The zero-order valence-corrected chi connectivity index (χ0v) is 10.6. The molecule has 0 aromatic heterocycles. The smallest absolute Gasteiger partial charge is 0.254 e. The maximum atomic E-state index is 13.1. The van der Waals surface area contributed by atoms with Crippen molar-refractivity contribution >= 4 is 5.91 Å². The molecule has 4 heteroatoms. The number of halogens is 2. The average molecular weight is 253 g/mol. The molecule has 1 aromatic carbocycles. The standard InChI is InChI=1S/C14H17F2NO/c1-9(2)13-4-3-7-17(13)14(18)10-5-6-11(15)12(16)8-10/h5-6,8-9,13H,3-4,7H2,1-2H3. The maximum absolute atomic E-state index is 13.1. The lowest BCUT2D eigenvalue weighted by atomic mass is 10.0. The van der Waals surface area contributed by atoms with Crippen molar-refractivity contribution in [3.63, 3.8) is 0 Å². The van der Waals surface area contributed by atoms with Crippen LogP contribution in [-0.4, -0.2) is 23.4 Å². The first kappa shape index (κ1) is 13.0. The number of likely N-dealkylation sites (tertiary alicyclic amines) is 1. The minimum absolute atomic E-state index is 0.200. The molecule has 1 saturated heterocycles. The van der Waals surface area contributed by atoms with E-state index in [0.29, 0.717) is 12.5 Å². The molecule has 2 rings (SSSR count). The predicted molar refractivity (Wildman–Crippen MR) is 65.3 cm³/mol. The van der Waals surface area contributed by atoms with Crippen molar-refractivity contribution in [1.29, 1.82) is 0 Å². The molecule has 0 spiro atoms. The number of benzene rings is 1. The third-order valence-corrected chi connectivity index (χ3v) is 3.50. The molecule has 0 aliphatic carbocycles. The van der Waals surface area contributed by atoms with Crippen LogP contribution in [0.1, 0.15) is 37.0 Å². The van der Waals surface area contributed by atoms with Gasteiger partial charge in [0.15, 0.2) is 11.6 Å². The number of hydrogen-bond donors (Lipinski definition) is 0. The van der Waals surface area contributed by atoms with E-state index in [1.165, 1.54) is 6.07 Å². The quantitative estimate of drug-likeness (QED) is 0.792.